The van der Waals surface area contributed by atoms with Gasteiger partial charge in [0.15, 0.2) is 0 Å². The molecule has 1 aliphatic heterocycles. The first-order valence-electron chi connectivity index (χ1n) is 6.67. The number of fused-ring (bicyclic) bond motifs is 1. The number of rotatable bonds is 3. The molecule has 0 aromatic heterocycles. The van der Waals surface area contributed by atoms with Crippen LogP contribution < -0.4 is 0 Å². The first-order chi connectivity index (χ1) is 11.3. The summed E-state index contributed by atoms with van der Waals surface area (Å²) in [5.41, 5.74) is -1.37. The molecule has 8 heteroatoms. The first-order valence-corrected chi connectivity index (χ1v) is 6.67. The average molecular weight is 335 g/mol. The van der Waals surface area contributed by atoms with Crippen molar-refractivity contribution in [2.75, 3.05) is 0 Å². The number of hydroxylamine groups is 2. The molecule has 0 radical (unpaired) electrons. The number of benzene rings is 2. The molecule has 24 heavy (non-hydrogen) atoms. The van der Waals surface area contributed by atoms with E-state index in [1.165, 1.54) is 30.3 Å². The van der Waals surface area contributed by atoms with Crippen LogP contribution in [0.25, 0.3) is 0 Å². The topological polar surface area (TPSA) is 63.7 Å². The van der Waals surface area contributed by atoms with Crippen molar-refractivity contribution < 1.29 is 32.4 Å². The van der Waals surface area contributed by atoms with Crippen LogP contribution in [-0.2, 0) is 15.6 Å². The molecule has 0 N–H and O–H groups in total. The molecular weight excluding hydrogens is 327 g/mol. The van der Waals surface area contributed by atoms with Crippen LogP contribution in [0.2, 0.25) is 0 Å². The van der Waals surface area contributed by atoms with Crippen LogP contribution in [0.15, 0.2) is 48.5 Å². The smallest absolute Gasteiger partial charge is 0.323 e. The largest absolute Gasteiger partial charge is 0.407 e. The standard InChI is InChI=1S/C16H8F3NO4/c17-12-8-4-3-7-11(12)16(18,19)15(23)24-20-13(21)9-5-1-2-6-10(9)14(20)22/h1-8H. The fourth-order valence-corrected chi connectivity index (χ4v) is 2.22. The Balaban J connectivity index is 1.87. The van der Waals surface area contributed by atoms with Gasteiger partial charge >= 0.3 is 11.9 Å². The molecule has 0 atom stereocenters. The number of halogens is 3. The third-order valence-electron chi connectivity index (χ3n) is 3.40. The number of amides is 2. The summed E-state index contributed by atoms with van der Waals surface area (Å²) < 4.78 is 41.7. The summed E-state index contributed by atoms with van der Waals surface area (Å²) in [6, 6.07) is 9.24. The van der Waals surface area contributed by atoms with Crippen LogP contribution in [0.5, 0.6) is 0 Å². The number of hydrogen-bond donors (Lipinski definition) is 0. The van der Waals surface area contributed by atoms with Gasteiger partial charge in [-0.05, 0) is 24.3 Å². The minimum absolute atomic E-state index is 0.0538. The molecule has 0 fully saturated rings. The summed E-state index contributed by atoms with van der Waals surface area (Å²) in [4.78, 5) is 40.0. The Morgan fingerprint density at radius 2 is 1.42 bits per heavy atom. The van der Waals surface area contributed by atoms with Gasteiger partial charge in [0, 0.05) is 0 Å². The quantitative estimate of drug-likeness (QED) is 0.809. The highest BCUT2D eigenvalue weighted by atomic mass is 19.3. The van der Waals surface area contributed by atoms with Gasteiger partial charge in [-0.15, -0.1) is 0 Å². The van der Waals surface area contributed by atoms with Crippen molar-refractivity contribution in [3.05, 3.63) is 71.0 Å². The first kappa shape index (κ1) is 15.7. The van der Waals surface area contributed by atoms with E-state index >= 15 is 0 Å². The third kappa shape index (κ3) is 2.32. The van der Waals surface area contributed by atoms with Gasteiger partial charge in [0.25, 0.3) is 11.8 Å². The zero-order chi connectivity index (χ0) is 17.5. The fourth-order valence-electron chi connectivity index (χ4n) is 2.22. The van der Waals surface area contributed by atoms with Crippen molar-refractivity contribution in [3.8, 4) is 0 Å². The molecule has 2 amide bonds. The van der Waals surface area contributed by atoms with Crippen LogP contribution >= 0.6 is 0 Å². The zero-order valence-corrected chi connectivity index (χ0v) is 11.8. The molecule has 3 rings (SSSR count). The van der Waals surface area contributed by atoms with Gasteiger partial charge in [0.05, 0.1) is 16.7 Å². The van der Waals surface area contributed by atoms with Crippen molar-refractivity contribution in [1.82, 2.24) is 5.06 Å². The Hall–Kier alpha value is -3.16. The SMILES string of the molecule is O=C1c2ccccc2C(=O)N1OC(=O)C(F)(F)c1ccccc1F. The number of hydrogen-bond acceptors (Lipinski definition) is 4. The third-order valence-corrected chi connectivity index (χ3v) is 3.40. The molecule has 0 saturated carbocycles. The van der Waals surface area contributed by atoms with E-state index < -0.39 is 35.1 Å². The summed E-state index contributed by atoms with van der Waals surface area (Å²) in [6.45, 7) is 0. The van der Waals surface area contributed by atoms with Gasteiger partial charge in [-0.25, -0.2) is 9.18 Å². The number of alkyl halides is 2. The van der Waals surface area contributed by atoms with Gasteiger partial charge < -0.3 is 4.84 Å². The lowest BCUT2D eigenvalue weighted by atomic mass is 10.1. The lowest BCUT2D eigenvalue weighted by Gasteiger charge is -2.19. The minimum Gasteiger partial charge on any atom is -0.323 e. The summed E-state index contributed by atoms with van der Waals surface area (Å²) in [7, 11) is 0. The Bertz CT molecular complexity index is 831. The Kier molecular flexibility index (Phi) is 3.59. The van der Waals surface area contributed by atoms with E-state index in [1.807, 2.05) is 0 Å². The van der Waals surface area contributed by atoms with E-state index in [4.69, 9.17) is 0 Å². The molecule has 0 unspecified atom stereocenters. The molecule has 0 aliphatic carbocycles. The summed E-state index contributed by atoms with van der Waals surface area (Å²) in [6.07, 6.45) is 0. The Morgan fingerprint density at radius 3 is 1.96 bits per heavy atom. The van der Waals surface area contributed by atoms with Crippen LogP contribution in [0, 0.1) is 5.82 Å². The second kappa shape index (κ2) is 5.48. The summed E-state index contributed by atoms with van der Waals surface area (Å²) in [5, 5.41) is -0.0538. The number of carbonyl (C=O) groups is 3. The second-order valence-corrected chi connectivity index (χ2v) is 4.88. The van der Waals surface area contributed by atoms with Crippen LogP contribution in [0.3, 0.4) is 0 Å². The van der Waals surface area contributed by atoms with E-state index in [0.29, 0.717) is 6.07 Å². The summed E-state index contributed by atoms with van der Waals surface area (Å²) in [5.74, 6) is -10.0. The van der Waals surface area contributed by atoms with E-state index in [-0.39, 0.29) is 16.2 Å². The highest BCUT2D eigenvalue weighted by Gasteiger charge is 2.49. The van der Waals surface area contributed by atoms with E-state index in [2.05, 4.69) is 4.84 Å². The lowest BCUT2D eigenvalue weighted by Crippen LogP contribution is -2.39. The molecule has 0 spiro atoms. The van der Waals surface area contributed by atoms with Gasteiger partial charge in [-0.1, -0.05) is 29.3 Å². The zero-order valence-electron chi connectivity index (χ0n) is 11.8. The van der Waals surface area contributed by atoms with E-state index in [0.717, 1.165) is 12.1 Å². The number of imide groups is 1. The van der Waals surface area contributed by atoms with Crippen molar-refractivity contribution in [2.45, 2.75) is 5.92 Å². The highest BCUT2D eigenvalue weighted by molar-refractivity contribution is 6.20. The van der Waals surface area contributed by atoms with Gasteiger partial charge in [0.2, 0.25) is 0 Å². The predicted molar refractivity (Wildman–Crippen MR) is 73.3 cm³/mol. The van der Waals surface area contributed by atoms with Crippen LogP contribution in [0.4, 0.5) is 13.2 Å². The summed E-state index contributed by atoms with van der Waals surface area (Å²) >= 11 is 0. The van der Waals surface area contributed by atoms with Crippen molar-refractivity contribution >= 4 is 17.8 Å². The normalized spacial score (nSPS) is 13.9. The van der Waals surface area contributed by atoms with Crippen molar-refractivity contribution in [1.29, 1.82) is 0 Å². The molecule has 5 nitrogen and oxygen atoms in total. The molecule has 1 aliphatic rings. The molecular formula is C16H8F3NO4. The van der Waals surface area contributed by atoms with E-state index in [9.17, 15) is 27.6 Å². The molecule has 0 saturated heterocycles. The maximum absolute atomic E-state index is 14.1. The van der Waals surface area contributed by atoms with Crippen molar-refractivity contribution in [3.63, 3.8) is 0 Å². The molecule has 122 valence electrons. The molecule has 2 aromatic carbocycles. The number of nitrogens with zero attached hydrogens (tertiary/aromatic N) is 1. The molecule has 2 aromatic rings. The van der Waals surface area contributed by atoms with Gasteiger partial charge in [-0.2, -0.15) is 8.78 Å². The Morgan fingerprint density at radius 1 is 0.917 bits per heavy atom. The van der Waals surface area contributed by atoms with Crippen LogP contribution in [0.1, 0.15) is 26.3 Å². The monoisotopic (exact) mass is 335 g/mol. The lowest BCUT2D eigenvalue weighted by molar-refractivity contribution is -0.198. The maximum atomic E-state index is 14.1. The number of carbonyl (C=O) groups excluding carboxylic acids is 3. The predicted octanol–water partition coefficient (Wildman–Crippen LogP) is 2.67. The minimum atomic E-state index is -4.37. The van der Waals surface area contributed by atoms with Crippen molar-refractivity contribution in [2.24, 2.45) is 0 Å². The Labute approximate surface area is 133 Å². The van der Waals surface area contributed by atoms with Crippen LogP contribution in [-0.4, -0.2) is 22.8 Å². The average Bonchev–Trinajstić information content (AvgIpc) is 2.80. The maximum Gasteiger partial charge on any atom is 0.407 e. The molecule has 0 bridgehead atoms. The highest BCUT2D eigenvalue weighted by Crippen LogP contribution is 2.33. The fraction of sp³-hybridized carbons (Fsp3) is 0.0625. The van der Waals surface area contributed by atoms with Gasteiger partial charge in [-0.3, -0.25) is 9.59 Å². The molecule has 1 heterocycles. The van der Waals surface area contributed by atoms with E-state index in [1.54, 1.807) is 0 Å². The second-order valence-electron chi connectivity index (χ2n) is 4.88. The van der Waals surface area contributed by atoms with Gasteiger partial charge in [0.1, 0.15) is 5.82 Å².